The van der Waals surface area contributed by atoms with Crippen LogP contribution < -0.4 is 10.1 Å². The predicted octanol–water partition coefficient (Wildman–Crippen LogP) is 3.80. The van der Waals surface area contributed by atoms with Crippen molar-refractivity contribution < 1.29 is 22.6 Å². The minimum atomic E-state index is -4.68. The monoisotopic (exact) mass is 303 g/mol. The molecule has 6 heteroatoms. The maximum absolute atomic E-state index is 12.3. The van der Waals surface area contributed by atoms with E-state index in [0.29, 0.717) is 6.61 Å². The van der Waals surface area contributed by atoms with Crippen molar-refractivity contribution in [1.29, 1.82) is 0 Å². The fraction of sp³-hybridized carbons (Fsp3) is 0.600. The Kier molecular flexibility index (Phi) is 4.78. The maximum atomic E-state index is 12.3. The van der Waals surface area contributed by atoms with Crippen molar-refractivity contribution in [2.75, 3.05) is 13.7 Å². The molecule has 1 fully saturated rings. The zero-order chi connectivity index (χ0) is 15.5. The van der Waals surface area contributed by atoms with Gasteiger partial charge in [-0.25, -0.2) is 0 Å². The summed E-state index contributed by atoms with van der Waals surface area (Å²) in [5.41, 5.74) is 0.299. The topological polar surface area (TPSA) is 30.5 Å². The average Bonchev–Trinajstić information content (AvgIpc) is 2.38. The van der Waals surface area contributed by atoms with Gasteiger partial charge in [0.15, 0.2) is 0 Å². The van der Waals surface area contributed by atoms with Crippen LogP contribution in [0.2, 0.25) is 0 Å². The molecule has 0 radical (unpaired) electrons. The highest BCUT2D eigenvalue weighted by Gasteiger charge is 2.37. The molecule has 0 bridgehead atoms. The van der Waals surface area contributed by atoms with E-state index < -0.39 is 12.0 Å². The van der Waals surface area contributed by atoms with Crippen LogP contribution >= 0.6 is 0 Å². The first-order valence-corrected chi connectivity index (χ1v) is 7.01. The van der Waals surface area contributed by atoms with Crippen LogP contribution in [0, 0.1) is 0 Å². The van der Waals surface area contributed by atoms with E-state index in [1.165, 1.54) is 12.1 Å². The Labute approximate surface area is 122 Å². The second kappa shape index (κ2) is 6.23. The van der Waals surface area contributed by atoms with Crippen LogP contribution in [0.4, 0.5) is 13.2 Å². The van der Waals surface area contributed by atoms with Gasteiger partial charge in [-0.3, -0.25) is 0 Å². The lowest BCUT2D eigenvalue weighted by atomic mass is 9.84. The predicted molar refractivity (Wildman–Crippen MR) is 73.1 cm³/mol. The molecule has 1 aliphatic rings. The number of benzene rings is 1. The van der Waals surface area contributed by atoms with Crippen molar-refractivity contribution in [1.82, 2.24) is 5.32 Å². The Morgan fingerprint density at radius 2 is 2.10 bits per heavy atom. The molecule has 0 aliphatic carbocycles. The molecule has 1 aromatic carbocycles. The number of hydrogen-bond acceptors (Lipinski definition) is 3. The van der Waals surface area contributed by atoms with Gasteiger partial charge in [-0.15, -0.1) is 13.2 Å². The van der Waals surface area contributed by atoms with E-state index in [1.807, 2.05) is 6.92 Å². The molecular formula is C15H20F3NO2. The summed E-state index contributed by atoms with van der Waals surface area (Å²) in [6, 6.07) is 5.88. The largest absolute Gasteiger partial charge is 0.573 e. The van der Waals surface area contributed by atoms with Gasteiger partial charge in [0, 0.05) is 6.61 Å². The summed E-state index contributed by atoms with van der Waals surface area (Å²) in [4.78, 5) is 0. The summed E-state index contributed by atoms with van der Waals surface area (Å²) in [7, 11) is 1.78. The zero-order valence-electron chi connectivity index (χ0n) is 12.2. The molecule has 0 amide bonds. The normalized spacial score (nSPS) is 24.6. The first-order valence-electron chi connectivity index (χ1n) is 7.01. The smallest absolute Gasteiger partial charge is 0.406 e. The van der Waals surface area contributed by atoms with Gasteiger partial charge in [0.2, 0.25) is 0 Å². The lowest BCUT2D eigenvalue weighted by Crippen LogP contribution is -2.44. The van der Waals surface area contributed by atoms with Crippen LogP contribution in [-0.4, -0.2) is 25.6 Å². The third kappa shape index (κ3) is 4.11. The van der Waals surface area contributed by atoms with Gasteiger partial charge in [0.1, 0.15) is 5.75 Å². The SMILES string of the molecule is CNC(c1cccc(OC(F)(F)F)c1)C1(C)CCCCO1. The number of hydrogen-bond donors (Lipinski definition) is 1. The lowest BCUT2D eigenvalue weighted by molar-refractivity contribution is -0.274. The average molecular weight is 303 g/mol. The second-order valence-corrected chi connectivity index (χ2v) is 5.46. The van der Waals surface area contributed by atoms with Crippen LogP contribution in [-0.2, 0) is 4.74 Å². The lowest BCUT2D eigenvalue weighted by Gasteiger charge is -2.40. The Morgan fingerprint density at radius 1 is 1.33 bits per heavy atom. The highest BCUT2D eigenvalue weighted by molar-refractivity contribution is 5.32. The Bertz CT molecular complexity index is 470. The number of ether oxygens (including phenoxy) is 2. The summed E-state index contributed by atoms with van der Waals surface area (Å²) in [5, 5.41) is 3.16. The fourth-order valence-corrected chi connectivity index (χ4v) is 2.90. The van der Waals surface area contributed by atoms with Gasteiger partial charge in [-0.05, 0) is 50.9 Å². The molecule has 1 N–H and O–H groups in total. The highest BCUT2D eigenvalue weighted by atomic mass is 19.4. The third-order valence-electron chi connectivity index (χ3n) is 3.82. The van der Waals surface area contributed by atoms with Crippen molar-refractivity contribution in [3.05, 3.63) is 29.8 Å². The minimum absolute atomic E-state index is 0.186. The van der Waals surface area contributed by atoms with E-state index in [1.54, 1.807) is 19.2 Å². The number of halogens is 3. The molecule has 1 heterocycles. The zero-order valence-corrected chi connectivity index (χ0v) is 12.2. The van der Waals surface area contributed by atoms with Crippen molar-refractivity contribution in [3.63, 3.8) is 0 Å². The van der Waals surface area contributed by atoms with Crippen molar-refractivity contribution in [2.45, 2.75) is 44.2 Å². The number of nitrogens with one attached hydrogen (secondary N) is 1. The van der Waals surface area contributed by atoms with Gasteiger partial charge in [-0.1, -0.05) is 12.1 Å². The summed E-state index contributed by atoms with van der Waals surface area (Å²) >= 11 is 0. The summed E-state index contributed by atoms with van der Waals surface area (Å²) in [6.07, 6.45) is -1.75. The van der Waals surface area contributed by atoms with E-state index in [4.69, 9.17) is 4.74 Å². The molecule has 1 aliphatic heterocycles. The minimum Gasteiger partial charge on any atom is -0.406 e. The van der Waals surface area contributed by atoms with Gasteiger partial charge < -0.3 is 14.8 Å². The molecule has 0 aromatic heterocycles. The van der Waals surface area contributed by atoms with E-state index in [2.05, 4.69) is 10.1 Å². The maximum Gasteiger partial charge on any atom is 0.573 e. The van der Waals surface area contributed by atoms with Crippen molar-refractivity contribution in [2.24, 2.45) is 0 Å². The Hall–Kier alpha value is -1.27. The molecule has 2 rings (SSSR count). The molecule has 21 heavy (non-hydrogen) atoms. The van der Waals surface area contributed by atoms with Crippen LogP contribution in [0.3, 0.4) is 0 Å². The summed E-state index contributed by atoms with van der Waals surface area (Å²) in [5.74, 6) is -0.209. The molecule has 2 atom stereocenters. The molecule has 1 saturated heterocycles. The van der Waals surface area contributed by atoms with Crippen molar-refractivity contribution >= 4 is 0 Å². The van der Waals surface area contributed by atoms with E-state index in [0.717, 1.165) is 24.8 Å². The first-order chi connectivity index (χ1) is 9.84. The Balaban J connectivity index is 2.23. The molecular weight excluding hydrogens is 283 g/mol. The number of alkyl halides is 3. The van der Waals surface area contributed by atoms with Crippen LogP contribution in [0.25, 0.3) is 0 Å². The molecule has 118 valence electrons. The molecule has 0 saturated carbocycles. The molecule has 1 aromatic rings. The Morgan fingerprint density at radius 3 is 2.67 bits per heavy atom. The van der Waals surface area contributed by atoms with Gasteiger partial charge in [-0.2, -0.15) is 0 Å². The quantitative estimate of drug-likeness (QED) is 0.917. The van der Waals surface area contributed by atoms with E-state index >= 15 is 0 Å². The fourth-order valence-electron chi connectivity index (χ4n) is 2.90. The van der Waals surface area contributed by atoms with Crippen LogP contribution in [0.15, 0.2) is 24.3 Å². The van der Waals surface area contributed by atoms with Crippen molar-refractivity contribution in [3.8, 4) is 5.75 Å². The summed E-state index contributed by atoms with van der Waals surface area (Å²) < 4.78 is 46.8. The van der Waals surface area contributed by atoms with Gasteiger partial charge in [0.05, 0.1) is 11.6 Å². The standard InChI is InChI=1S/C15H20F3NO2/c1-14(8-3-4-9-20-14)13(19-2)11-6-5-7-12(10-11)21-15(16,17)18/h5-7,10,13,19H,3-4,8-9H2,1-2H3. The second-order valence-electron chi connectivity index (χ2n) is 5.46. The number of rotatable bonds is 4. The highest BCUT2D eigenvalue weighted by Crippen LogP contribution is 2.37. The van der Waals surface area contributed by atoms with E-state index in [9.17, 15) is 13.2 Å². The molecule has 3 nitrogen and oxygen atoms in total. The van der Waals surface area contributed by atoms with E-state index in [-0.39, 0.29) is 11.8 Å². The summed E-state index contributed by atoms with van der Waals surface area (Å²) in [6.45, 7) is 2.66. The van der Waals surface area contributed by atoms with Gasteiger partial charge >= 0.3 is 6.36 Å². The molecule has 0 spiro atoms. The third-order valence-corrected chi connectivity index (χ3v) is 3.82. The van der Waals surface area contributed by atoms with Gasteiger partial charge in [0.25, 0.3) is 0 Å². The number of likely N-dealkylation sites (N-methyl/N-ethyl adjacent to an activating group) is 1. The van der Waals surface area contributed by atoms with Crippen LogP contribution in [0.1, 0.15) is 37.8 Å². The van der Waals surface area contributed by atoms with Crippen LogP contribution in [0.5, 0.6) is 5.75 Å². The first kappa shape index (κ1) is 16.1. The molecule has 2 unspecified atom stereocenters.